The molecule has 19 nitrogen and oxygen atoms in total. The Morgan fingerprint density at radius 2 is 1.46 bits per heavy atom. The molecule has 8 amide bonds. The fourth-order valence-electron chi connectivity index (χ4n) is 5.81. The molecule has 1 aromatic rings. The lowest BCUT2D eigenvalue weighted by atomic mass is 10.0. The van der Waals surface area contributed by atoms with Crippen LogP contribution in [0.1, 0.15) is 91.0 Å². The van der Waals surface area contributed by atoms with Gasteiger partial charge in [0.15, 0.2) is 5.96 Å². The fraction of sp³-hybridized carbons (Fsp3) is 0.605. The summed E-state index contributed by atoms with van der Waals surface area (Å²) < 4.78 is 0. The van der Waals surface area contributed by atoms with Crippen molar-refractivity contribution in [3.63, 3.8) is 0 Å². The lowest BCUT2D eigenvalue weighted by molar-refractivity contribution is -0.141. The third-order valence-electron chi connectivity index (χ3n) is 8.74. The standard InChI is InChI=1S/C38H63N11O8/c1-5-7-15-29(46-26(4)51)35(55)48-30(16-17-32(52)42-20-18-28(34(39)54)44-24-50)37(57)49(21-6-2)23-33(53)47-31(22-27-13-9-8-10-14-27)36(56)45-25(3)12-11-19-43-38(40)41/h8-10,13-14,24-25,28-31H,5-7,11-12,15-23H2,1-4H3,(H2,39,54)(H,42,52)(H,44,50)(H,45,56)(H,46,51)(H,47,53)(H,48,55)(H4,40,41,43)/t25-,28?,29+,30?,31?/m1/s1. The number of carbonyl (C=O) groups is 8. The summed E-state index contributed by atoms with van der Waals surface area (Å²) in [6, 6.07) is 4.63. The summed E-state index contributed by atoms with van der Waals surface area (Å²) in [6.45, 7) is 6.85. The van der Waals surface area contributed by atoms with Crippen molar-refractivity contribution in [3.8, 4) is 0 Å². The number of aliphatic imine (C=N–C) groups is 1. The summed E-state index contributed by atoms with van der Waals surface area (Å²) in [5.74, 6) is -4.08. The van der Waals surface area contributed by atoms with Gasteiger partial charge in [0, 0.05) is 45.4 Å². The minimum absolute atomic E-state index is 0.0174. The summed E-state index contributed by atoms with van der Waals surface area (Å²) in [5, 5.41) is 15.9. The monoisotopic (exact) mass is 801 g/mol. The van der Waals surface area contributed by atoms with Gasteiger partial charge >= 0.3 is 0 Å². The highest BCUT2D eigenvalue weighted by molar-refractivity contribution is 5.94. The third kappa shape index (κ3) is 21.2. The minimum Gasteiger partial charge on any atom is -0.370 e. The zero-order valence-corrected chi connectivity index (χ0v) is 33.6. The number of hydrogen-bond donors (Lipinski definition) is 9. The number of guanidine groups is 1. The molecule has 0 saturated carbocycles. The van der Waals surface area contributed by atoms with Gasteiger partial charge in [0.2, 0.25) is 47.8 Å². The van der Waals surface area contributed by atoms with Crippen molar-refractivity contribution in [1.82, 2.24) is 36.8 Å². The molecular weight excluding hydrogens is 738 g/mol. The van der Waals surface area contributed by atoms with E-state index in [9.17, 15) is 38.4 Å². The predicted molar refractivity (Wildman–Crippen MR) is 215 cm³/mol. The van der Waals surface area contributed by atoms with Crippen LogP contribution in [-0.2, 0) is 44.8 Å². The molecule has 0 aliphatic carbocycles. The van der Waals surface area contributed by atoms with Crippen LogP contribution in [0.25, 0.3) is 0 Å². The summed E-state index contributed by atoms with van der Waals surface area (Å²) in [5.41, 5.74) is 16.9. The molecule has 0 aliphatic rings. The molecule has 0 saturated heterocycles. The number of unbranched alkanes of at least 4 members (excludes halogenated alkanes) is 1. The molecule has 12 N–H and O–H groups in total. The second-order valence-electron chi connectivity index (χ2n) is 13.8. The molecule has 0 aromatic heterocycles. The Morgan fingerprint density at radius 3 is 2.05 bits per heavy atom. The number of nitrogens with zero attached hydrogens (tertiary/aromatic N) is 2. The van der Waals surface area contributed by atoms with Gasteiger partial charge in [-0.15, -0.1) is 0 Å². The zero-order chi connectivity index (χ0) is 42.8. The van der Waals surface area contributed by atoms with Gasteiger partial charge in [-0.05, 0) is 51.0 Å². The van der Waals surface area contributed by atoms with Crippen molar-refractivity contribution in [2.24, 2.45) is 22.2 Å². The number of nitrogens with two attached hydrogens (primary N) is 3. The van der Waals surface area contributed by atoms with E-state index in [0.29, 0.717) is 45.1 Å². The smallest absolute Gasteiger partial charge is 0.245 e. The first-order valence-corrected chi connectivity index (χ1v) is 19.4. The van der Waals surface area contributed by atoms with Gasteiger partial charge in [-0.2, -0.15) is 0 Å². The van der Waals surface area contributed by atoms with Gasteiger partial charge in [-0.3, -0.25) is 43.3 Å². The fourth-order valence-corrected chi connectivity index (χ4v) is 5.81. The Bertz CT molecular complexity index is 1490. The first-order chi connectivity index (χ1) is 27.1. The highest BCUT2D eigenvalue weighted by Gasteiger charge is 2.31. The SMILES string of the molecule is CCCC[C@H](NC(C)=O)C(=O)NC(CCC(=O)NCCC(NC=O)C(N)=O)C(=O)N(CCC)CC(=O)NC(Cc1ccccc1)C(=O)N[C@H](C)CCCN=C(N)N. The second kappa shape index (κ2) is 27.8. The van der Waals surface area contributed by atoms with E-state index in [1.165, 1.54) is 11.8 Å². The quantitative estimate of drug-likeness (QED) is 0.0197. The van der Waals surface area contributed by atoms with Crippen LogP contribution >= 0.6 is 0 Å². The molecule has 1 aromatic carbocycles. The van der Waals surface area contributed by atoms with Crippen LogP contribution in [0.15, 0.2) is 35.3 Å². The average molecular weight is 802 g/mol. The van der Waals surface area contributed by atoms with E-state index in [1.54, 1.807) is 6.92 Å². The number of rotatable bonds is 29. The molecule has 0 heterocycles. The molecule has 1 rings (SSSR count). The topological polar surface area (TPSA) is 302 Å². The molecule has 5 atom stereocenters. The lowest BCUT2D eigenvalue weighted by Gasteiger charge is -2.29. The highest BCUT2D eigenvalue weighted by Crippen LogP contribution is 2.10. The molecule has 19 heteroatoms. The van der Waals surface area contributed by atoms with E-state index < -0.39 is 72.1 Å². The van der Waals surface area contributed by atoms with Crippen molar-refractivity contribution in [1.29, 1.82) is 0 Å². The predicted octanol–water partition coefficient (Wildman–Crippen LogP) is -1.42. The van der Waals surface area contributed by atoms with E-state index in [1.807, 2.05) is 44.2 Å². The van der Waals surface area contributed by atoms with Gasteiger partial charge in [0.25, 0.3) is 0 Å². The number of primary amides is 1. The van der Waals surface area contributed by atoms with Crippen molar-refractivity contribution >= 4 is 53.7 Å². The average Bonchev–Trinajstić information content (AvgIpc) is 3.15. The number of hydrogen-bond acceptors (Lipinski definition) is 9. The van der Waals surface area contributed by atoms with Gasteiger partial charge in [0.1, 0.15) is 24.2 Å². The molecule has 3 unspecified atom stereocenters. The maximum Gasteiger partial charge on any atom is 0.245 e. The maximum atomic E-state index is 14.2. The molecule has 0 fully saturated rings. The molecular formula is C38H63N11O8. The normalized spacial score (nSPS) is 13.3. The number of nitrogens with one attached hydrogen (secondary N) is 6. The molecule has 57 heavy (non-hydrogen) atoms. The Kier molecular flexibility index (Phi) is 24.0. The van der Waals surface area contributed by atoms with E-state index in [-0.39, 0.29) is 50.8 Å². The Hall–Kier alpha value is -5.75. The second-order valence-corrected chi connectivity index (χ2v) is 13.8. The van der Waals surface area contributed by atoms with Gasteiger partial charge in [-0.25, -0.2) is 0 Å². The number of amides is 8. The van der Waals surface area contributed by atoms with E-state index in [2.05, 4.69) is 36.9 Å². The zero-order valence-electron chi connectivity index (χ0n) is 33.6. The van der Waals surface area contributed by atoms with E-state index in [0.717, 1.165) is 12.0 Å². The molecule has 0 spiro atoms. The first kappa shape index (κ1) is 49.3. The van der Waals surface area contributed by atoms with Crippen LogP contribution in [0.2, 0.25) is 0 Å². The van der Waals surface area contributed by atoms with Crippen LogP contribution in [-0.4, -0.2) is 115 Å². The summed E-state index contributed by atoms with van der Waals surface area (Å²) >= 11 is 0. The lowest BCUT2D eigenvalue weighted by Crippen LogP contribution is -2.56. The number of benzene rings is 1. The van der Waals surface area contributed by atoms with Gasteiger partial charge in [0.05, 0.1) is 6.54 Å². The maximum absolute atomic E-state index is 14.2. The largest absolute Gasteiger partial charge is 0.370 e. The van der Waals surface area contributed by atoms with Crippen LogP contribution in [0.4, 0.5) is 0 Å². The van der Waals surface area contributed by atoms with Crippen LogP contribution in [0, 0.1) is 0 Å². The van der Waals surface area contributed by atoms with Crippen molar-refractivity contribution in [2.75, 3.05) is 26.2 Å². The first-order valence-electron chi connectivity index (χ1n) is 19.4. The minimum atomic E-state index is -1.28. The van der Waals surface area contributed by atoms with Crippen molar-refractivity contribution < 1.29 is 38.4 Å². The van der Waals surface area contributed by atoms with Crippen LogP contribution in [0.5, 0.6) is 0 Å². The summed E-state index contributed by atoms with van der Waals surface area (Å²) in [4.78, 5) is 107. The van der Waals surface area contributed by atoms with Crippen LogP contribution in [0.3, 0.4) is 0 Å². The van der Waals surface area contributed by atoms with Gasteiger partial charge in [-0.1, -0.05) is 57.0 Å². The summed E-state index contributed by atoms with van der Waals surface area (Å²) in [7, 11) is 0. The van der Waals surface area contributed by atoms with E-state index >= 15 is 0 Å². The molecule has 0 bridgehead atoms. The molecule has 0 aliphatic heterocycles. The summed E-state index contributed by atoms with van der Waals surface area (Å²) in [6.07, 6.45) is 3.38. The number of carbonyl (C=O) groups excluding carboxylic acids is 8. The molecule has 318 valence electrons. The Morgan fingerprint density at radius 1 is 0.772 bits per heavy atom. The third-order valence-corrected chi connectivity index (χ3v) is 8.74. The van der Waals surface area contributed by atoms with Crippen molar-refractivity contribution in [2.45, 2.75) is 122 Å². The van der Waals surface area contributed by atoms with Gasteiger partial charge < -0.3 is 54.0 Å². The van der Waals surface area contributed by atoms with Crippen LogP contribution < -0.4 is 49.1 Å². The Labute approximate surface area is 334 Å². The Balaban J connectivity index is 3.25. The van der Waals surface area contributed by atoms with E-state index in [4.69, 9.17) is 17.2 Å². The molecule has 0 radical (unpaired) electrons. The van der Waals surface area contributed by atoms with Crippen molar-refractivity contribution in [3.05, 3.63) is 35.9 Å². The highest BCUT2D eigenvalue weighted by atomic mass is 16.2.